The fraction of sp³-hybridized carbons (Fsp3) is 0.278. The zero-order valence-corrected chi connectivity index (χ0v) is 14.1. The van der Waals surface area contributed by atoms with Crippen molar-refractivity contribution < 1.29 is 9.26 Å². The topological polar surface area (TPSA) is 34.6 Å². The number of nitrogens with zero attached hydrogens (tertiary/aromatic N) is 2. The Kier molecular flexibility index (Phi) is 3.80. The van der Waals surface area contributed by atoms with Crippen LogP contribution in [0.1, 0.15) is 17.5 Å². The standard InChI is InChI=1S/C18H19N2O2P/c1-12-2-3-13-6-15(7-14-4-5-20(12)18(13)14)16-8-17(10-19-9-16)21-11-22-23/h6-10H,1-5,11,23H2. The summed E-state index contributed by atoms with van der Waals surface area (Å²) in [7, 11) is 2.18. The van der Waals surface area contributed by atoms with Gasteiger partial charge in [0.25, 0.3) is 0 Å². The van der Waals surface area contributed by atoms with E-state index in [1.807, 2.05) is 12.3 Å². The summed E-state index contributed by atoms with van der Waals surface area (Å²) in [6.45, 7) is 5.46. The van der Waals surface area contributed by atoms with Gasteiger partial charge in [0.2, 0.25) is 0 Å². The molecule has 23 heavy (non-hydrogen) atoms. The average molecular weight is 326 g/mol. The molecule has 0 amide bonds. The average Bonchev–Trinajstić information content (AvgIpc) is 3.02. The molecule has 2 aromatic rings. The molecule has 0 fully saturated rings. The summed E-state index contributed by atoms with van der Waals surface area (Å²) in [5.74, 6) is 0.717. The van der Waals surface area contributed by atoms with E-state index in [9.17, 15) is 0 Å². The third-order valence-electron chi connectivity index (χ3n) is 4.55. The molecule has 1 atom stereocenters. The largest absolute Gasteiger partial charge is 0.466 e. The molecule has 2 aliphatic heterocycles. The lowest BCUT2D eigenvalue weighted by Gasteiger charge is -2.29. The van der Waals surface area contributed by atoms with Crippen LogP contribution in [-0.4, -0.2) is 18.3 Å². The van der Waals surface area contributed by atoms with Crippen LogP contribution in [0.2, 0.25) is 0 Å². The van der Waals surface area contributed by atoms with Crippen LogP contribution in [0.4, 0.5) is 5.69 Å². The maximum absolute atomic E-state index is 5.48. The lowest BCUT2D eigenvalue weighted by atomic mass is 9.93. The van der Waals surface area contributed by atoms with Gasteiger partial charge in [0.15, 0.2) is 6.79 Å². The summed E-state index contributed by atoms with van der Waals surface area (Å²) >= 11 is 0. The Labute approximate surface area is 138 Å². The van der Waals surface area contributed by atoms with Crippen molar-refractivity contribution in [3.05, 3.63) is 54.0 Å². The number of anilines is 1. The number of hydrogen-bond acceptors (Lipinski definition) is 4. The Morgan fingerprint density at radius 3 is 2.74 bits per heavy atom. The minimum absolute atomic E-state index is 0.197. The van der Waals surface area contributed by atoms with Gasteiger partial charge in [-0.15, -0.1) is 0 Å². The lowest BCUT2D eigenvalue weighted by Crippen LogP contribution is -2.23. The number of pyridine rings is 1. The van der Waals surface area contributed by atoms with Crippen LogP contribution < -0.4 is 9.64 Å². The summed E-state index contributed by atoms with van der Waals surface area (Å²) in [5, 5.41) is 0. The Balaban J connectivity index is 1.73. The van der Waals surface area contributed by atoms with Crippen molar-refractivity contribution in [2.75, 3.05) is 18.2 Å². The van der Waals surface area contributed by atoms with Crippen LogP contribution in [-0.2, 0) is 17.4 Å². The zero-order chi connectivity index (χ0) is 15.8. The summed E-state index contributed by atoms with van der Waals surface area (Å²) in [4.78, 5) is 6.67. The van der Waals surface area contributed by atoms with Gasteiger partial charge in [-0.1, -0.05) is 6.58 Å². The van der Waals surface area contributed by atoms with Gasteiger partial charge in [0, 0.05) is 39.2 Å². The highest BCUT2D eigenvalue weighted by atomic mass is 31.0. The molecule has 0 aliphatic carbocycles. The van der Waals surface area contributed by atoms with E-state index in [1.54, 1.807) is 6.20 Å². The second-order valence-electron chi connectivity index (χ2n) is 5.95. The van der Waals surface area contributed by atoms with Crippen LogP contribution in [0.25, 0.3) is 11.1 Å². The third-order valence-corrected chi connectivity index (χ3v) is 4.68. The van der Waals surface area contributed by atoms with E-state index in [4.69, 9.17) is 9.26 Å². The van der Waals surface area contributed by atoms with E-state index in [0.717, 1.165) is 31.4 Å². The molecule has 1 unspecified atom stereocenters. The molecule has 4 nitrogen and oxygen atoms in total. The first-order valence-corrected chi connectivity index (χ1v) is 8.24. The normalized spacial score (nSPS) is 15.7. The van der Waals surface area contributed by atoms with Crippen molar-refractivity contribution in [1.29, 1.82) is 0 Å². The van der Waals surface area contributed by atoms with E-state index < -0.39 is 0 Å². The molecule has 0 saturated carbocycles. The van der Waals surface area contributed by atoms with E-state index in [2.05, 4.69) is 38.1 Å². The predicted molar refractivity (Wildman–Crippen MR) is 94.5 cm³/mol. The molecule has 3 heterocycles. The lowest BCUT2D eigenvalue weighted by molar-refractivity contribution is 0.140. The van der Waals surface area contributed by atoms with Crippen molar-refractivity contribution in [2.24, 2.45) is 0 Å². The summed E-state index contributed by atoms with van der Waals surface area (Å²) < 4.78 is 10.4. The number of allylic oxidation sites excluding steroid dienone is 1. The monoisotopic (exact) mass is 326 g/mol. The fourth-order valence-electron chi connectivity index (χ4n) is 3.49. The first kappa shape index (κ1) is 14.7. The Morgan fingerprint density at radius 1 is 1.09 bits per heavy atom. The molecule has 118 valence electrons. The van der Waals surface area contributed by atoms with Gasteiger partial charge in [-0.05, 0) is 54.2 Å². The number of aryl methyl sites for hydroxylation is 1. The first-order valence-electron chi connectivity index (χ1n) is 7.77. The highest BCUT2D eigenvalue weighted by Crippen LogP contribution is 2.42. The molecule has 1 aromatic carbocycles. The van der Waals surface area contributed by atoms with E-state index in [-0.39, 0.29) is 6.79 Å². The predicted octanol–water partition coefficient (Wildman–Crippen LogP) is 3.71. The first-order chi connectivity index (χ1) is 11.3. The van der Waals surface area contributed by atoms with Gasteiger partial charge < -0.3 is 14.2 Å². The van der Waals surface area contributed by atoms with Gasteiger partial charge in [0.05, 0.1) is 6.20 Å². The molecule has 2 aliphatic rings. The van der Waals surface area contributed by atoms with E-state index >= 15 is 0 Å². The van der Waals surface area contributed by atoms with Crippen molar-refractivity contribution in [1.82, 2.24) is 4.98 Å². The second-order valence-corrected chi connectivity index (χ2v) is 6.28. The molecule has 4 rings (SSSR count). The number of hydrogen-bond donors (Lipinski definition) is 0. The highest BCUT2D eigenvalue weighted by molar-refractivity contribution is 7.09. The van der Waals surface area contributed by atoms with Crippen LogP contribution in [0, 0.1) is 0 Å². The summed E-state index contributed by atoms with van der Waals surface area (Å²) in [6, 6.07) is 6.58. The zero-order valence-electron chi connectivity index (χ0n) is 12.9. The Hall–Kier alpha value is -1.90. The minimum atomic E-state index is 0.197. The van der Waals surface area contributed by atoms with Crippen molar-refractivity contribution in [3.8, 4) is 16.9 Å². The molecule has 1 aromatic heterocycles. The molecule has 0 bridgehead atoms. The number of aromatic nitrogens is 1. The molecule has 0 saturated heterocycles. The second kappa shape index (κ2) is 5.95. The highest BCUT2D eigenvalue weighted by Gasteiger charge is 2.28. The number of rotatable bonds is 4. The molecular formula is C18H19N2O2P. The molecule has 0 spiro atoms. The molecular weight excluding hydrogens is 307 g/mol. The third kappa shape index (κ3) is 2.62. The SMILES string of the molecule is C=C1CCc2cc(-c3cncc(OCOP)c3)cc3c2N1CC3. The van der Waals surface area contributed by atoms with Crippen LogP contribution in [0.15, 0.2) is 42.9 Å². The Morgan fingerprint density at radius 2 is 1.91 bits per heavy atom. The van der Waals surface area contributed by atoms with Gasteiger partial charge in [-0.3, -0.25) is 4.98 Å². The smallest absolute Gasteiger partial charge is 0.191 e. The Bertz CT molecular complexity index is 776. The van der Waals surface area contributed by atoms with Crippen LogP contribution >= 0.6 is 9.47 Å². The van der Waals surface area contributed by atoms with Crippen molar-refractivity contribution >= 4 is 15.2 Å². The van der Waals surface area contributed by atoms with E-state index in [0.29, 0.717) is 5.75 Å². The van der Waals surface area contributed by atoms with Gasteiger partial charge in [0.1, 0.15) is 5.75 Å². The van der Waals surface area contributed by atoms with Crippen LogP contribution in [0.3, 0.4) is 0 Å². The minimum Gasteiger partial charge on any atom is -0.466 e. The maximum atomic E-state index is 5.48. The van der Waals surface area contributed by atoms with E-state index in [1.165, 1.54) is 28.1 Å². The fourth-order valence-corrected chi connectivity index (χ4v) is 3.55. The summed E-state index contributed by atoms with van der Waals surface area (Å²) in [6.07, 6.45) is 6.78. The molecule has 0 N–H and O–H groups in total. The number of benzene rings is 1. The molecule has 0 radical (unpaired) electrons. The van der Waals surface area contributed by atoms with Crippen molar-refractivity contribution in [3.63, 3.8) is 0 Å². The van der Waals surface area contributed by atoms with Gasteiger partial charge >= 0.3 is 0 Å². The molecule has 5 heteroatoms. The van der Waals surface area contributed by atoms with Gasteiger partial charge in [-0.25, -0.2) is 0 Å². The maximum Gasteiger partial charge on any atom is 0.191 e. The van der Waals surface area contributed by atoms with Gasteiger partial charge in [-0.2, -0.15) is 0 Å². The summed E-state index contributed by atoms with van der Waals surface area (Å²) in [5.41, 5.74) is 7.76. The van der Waals surface area contributed by atoms with Crippen LogP contribution in [0.5, 0.6) is 5.75 Å². The quantitative estimate of drug-likeness (QED) is 0.634. The van der Waals surface area contributed by atoms with Crippen molar-refractivity contribution in [2.45, 2.75) is 19.3 Å². The number of ether oxygens (including phenoxy) is 1.